The molecule has 6 heteroatoms. The number of aromatic nitrogens is 1. The Morgan fingerprint density at radius 3 is 2.57 bits per heavy atom. The molecule has 6 nitrogen and oxygen atoms in total. The number of nitrogens with zero attached hydrogens (tertiary/aromatic N) is 2. The molecule has 0 aliphatic carbocycles. The molecule has 0 unspecified atom stereocenters. The zero-order valence-electron chi connectivity index (χ0n) is 12.9. The van der Waals surface area contributed by atoms with Crippen LogP contribution in [-0.4, -0.2) is 28.2 Å². The predicted octanol–water partition coefficient (Wildman–Crippen LogP) is 3.59. The van der Waals surface area contributed by atoms with E-state index in [9.17, 15) is 10.1 Å². The van der Waals surface area contributed by atoms with Crippen molar-refractivity contribution in [2.75, 3.05) is 13.2 Å². The zero-order chi connectivity index (χ0) is 16.5. The van der Waals surface area contributed by atoms with Crippen molar-refractivity contribution >= 4 is 5.69 Å². The Bertz CT molecular complexity index is 629. The first kappa shape index (κ1) is 16.9. The van der Waals surface area contributed by atoms with Gasteiger partial charge in [-0.15, -0.1) is 0 Å². The van der Waals surface area contributed by atoms with Crippen molar-refractivity contribution in [1.29, 1.82) is 0 Å². The molecule has 1 aromatic carbocycles. The highest BCUT2D eigenvalue weighted by atomic mass is 16.6. The maximum atomic E-state index is 10.7. The number of hydrogen-bond acceptors (Lipinski definition) is 5. The number of ether oxygens (including phenoxy) is 1. The summed E-state index contributed by atoms with van der Waals surface area (Å²) >= 11 is 0. The lowest BCUT2D eigenvalue weighted by molar-refractivity contribution is -0.385. The second-order valence-electron chi connectivity index (χ2n) is 5.14. The number of rotatable bonds is 9. The molecule has 0 saturated carbocycles. The monoisotopic (exact) mass is 316 g/mol. The van der Waals surface area contributed by atoms with Crippen LogP contribution in [0, 0.1) is 10.1 Å². The fraction of sp³-hybridized carbons (Fsp3) is 0.353. The van der Waals surface area contributed by atoms with Crippen molar-refractivity contribution < 1.29 is 14.8 Å². The highest BCUT2D eigenvalue weighted by Crippen LogP contribution is 2.29. The number of aliphatic hydroxyl groups is 1. The van der Waals surface area contributed by atoms with Crippen molar-refractivity contribution in [3.05, 3.63) is 52.7 Å². The van der Waals surface area contributed by atoms with Crippen molar-refractivity contribution in [3.8, 4) is 17.0 Å². The molecule has 0 saturated heterocycles. The third-order valence-electron chi connectivity index (χ3n) is 3.43. The summed E-state index contributed by atoms with van der Waals surface area (Å²) in [6.45, 7) is 0.824. The lowest BCUT2D eigenvalue weighted by Crippen LogP contribution is -1.99. The Morgan fingerprint density at radius 1 is 1.09 bits per heavy atom. The molecule has 0 atom stereocenters. The number of unbranched alkanes of at least 4 members (excludes halogenated alkanes) is 3. The highest BCUT2D eigenvalue weighted by molar-refractivity contribution is 5.67. The largest absolute Gasteiger partial charge is 0.493 e. The number of benzene rings is 1. The maximum Gasteiger partial charge on any atom is 0.287 e. The lowest BCUT2D eigenvalue weighted by atomic mass is 10.1. The van der Waals surface area contributed by atoms with E-state index in [0.29, 0.717) is 12.3 Å². The van der Waals surface area contributed by atoms with E-state index < -0.39 is 4.92 Å². The molecule has 0 amide bonds. The van der Waals surface area contributed by atoms with Gasteiger partial charge in [0, 0.05) is 18.2 Å². The van der Waals surface area contributed by atoms with Crippen LogP contribution >= 0.6 is 0 Å². The topological polar surface area (TPSA) is 85.5 Å². The average Bonchev–Trinajstić information content (AvgIpc) is 2.58. The highest BCUT2D eigenvalue weighted by Gasteiger charge is 2.10. The Balaban J connectivity index is 2.01. The standard InChI is InChI=1S/C17H20N2O4/c20-11-5-1-2-6-12-23-17-8-4-3-7-15(17)16-10-9-14(13-18-16)19(21)22/h3-4,7-10,13,20H,1-2,5-6,11-12H2. The minimum Gasteiger partial charge on any atom is -0.493 e. The summed E-state index contributed by atoms with van der Waals surface area (Å²) < 4.78 is 5.81. The molecule has 0 spiro atoms. The minimum atomic E-state index is -0.467. The molecule has 0 aliphatic rings. The Kier molecular flexibility index (Phi) is 6.50. The van der Waals surface area contributed by atoms with Gasteiger partial charge in [-0.25, -0.2) is 4.98 Å². The van der Waals surface area contributed by atoms with Gasteiger partial charge >= 0.3 is 0 Å². The Morgan fingerprint density at radius 2 is 1.87 bits per heavy atom. The first-order chi connectivity index (χ1) is 11.2. The van der Waals surface area contributed by atoms with Crippen LogP contribution in [0.3, 0.4) is 0 Å². The average molecular weight is 316 g/mol. The molecule has 0 radical (unpaired) electrons. The number of pyridine rings is 1. The molecule has 0 bridgehead atoms. The molecule has 1 aromatic heterocycles. The summed E-state index contributed by atoms with van der Waals surface area (Å²) in [5, 5.41) is 19.4. The summed E-state index contributed by atoms with van der Waals surface area (Å²) in [6.07, 6.45) is 5.00. The number of aliphatic hydroxyl groups excluding tert-OH is 1. The summed E-state index contributed by atoms with van der Waals surface area (Å²) in [7, 11) is 0. The summed E-state index contributed by atoms with van der Waals surface area (Å²) in [5.74, 6) is 0.719. The fourth-order valence-electron chi connectivity index (χ4n) is 2.21. The van der Waals surface area contributed by atoms with Gasteiger partial charge < -0.3 is 9.84 Å². The second-order valence-corrected chi connectivity index (χ2v) is 5.14. The second kappa shape index (κ2) is 8.85. The van der Waals surface area contributed by atoms with E-state index in [0.717, 1.165) is 37.0 Å². The van der Waals surface area contributed by atoms with Gasteiger partial charge in [0.05, 0.1) is 17.2 Å². The molecule has 1 heterocycles. The van der Waals surface area contributed by atoms with Crippen LogP contribution in [-0.2, 0) is 0 Å². The van der Waals surface area contributed by atoms with E-state index in [1.165, 1.54) is 12.3 Å². The van der Waals surface area contributed by atoms with Crippen molar-refractivity contribution in [1.82, 2.24) is 4.98 Å². The van der Waals surface area contributed by atoms with Crippen molar-refractivity contribution in [2.45, 2.75) is 25.7 Å². The first-order valence-corrected chi connectivity index (χ1v) is 7.66. The van der Waals surface area contributed by atoms with E-state index in [2.05, 4.69) is 4.98 Å². The van der Waals surface area contributed by atoms with E-state index >= 15 is 0 Å². The van der Waals surface area contributed by atoms with E-state index in [1.807, 2.05) is 24.3 Å². The molecule has 2 aromatic rings. The maximum absolute atomic E-state index is 10.7. The quantitative estimate of drug-likeness (QED) is 0.434. The number of para-hydroxylation sites is 1. The van der Waals surface area contributed by atoms with E-state index in [1.54, 1.807) is 6.07 Å². The van der Waals surface area contributed by atoms with Crippen LogP contribution in [0.5, 0.6) is 5.75 Å². The van der Waals surface area contributed by atoms with E-state index in [4.69, 9.17) is 9.84 Å². The van der Waals surface area contributed by atoms with Crippen LogP contribution in [0.1, 0.15) is 25.7 Å². The van der Waals surface area contributed by atoms with Crippen molar-refractivity contribution in [3.63, 3.8) is 0 Å². The SMILES string of the molecule is O=[N+]([O-])c1ccc(-c2ccccc2OCCCCCCO)nc1. The fourth-order valence-corrected chi connectivity index (χ4v) is 2.21. The summed E-state index contributed by atoms with van der Waals surface area (Å²) in [4.78, 5) is 14.4. The molecule has 122 valence electrons. The number of hydrogen-bond donors (Lipinski definition) is 1. The lowest BCUT2D eigenvalue weighted by Gasteiger charge is -2.11. The van der Waals surface area contributed by atoms with Crippen LogP contribution in [0.4, 0.5) is 5.69 Å². The van der Waals surface area contributed by atoms with Crippen LogP contribution in [0.2, 0.25) is 0 Å². The van der Waals surface area contributed by atoms with E-state index in [-0.39, 0.29) is 12.3 Å². The molecule has 23 heavy (non-hydrogen) atoms. The third kappa shape index (κ3) is 5.03. The Labute approximate surface area is 134 Å². The normalized spacial score (nSPS) is 10.5. The van der Waals surface area contributed by atoms with Gasteiger partial charge in [0.15, 0.2) is 0 Å². The molecule has 1 N–H and O–H groups in total. The van der Waals surface area contributed by atoms with Gasteiger partial charge in [-0.1, -0.05) is 18.6 Å². The minimum absolute atomic E-state index is 0.0315. The third-order valence-corrected chi connectivity index (χ3v) is 3.43. The molecular weight excluding hydrogens is 296 g/mol. The summed E-state index contributed by atoms with van der Waals surface area (Å²) in [6, 6.07) is 10.6. The molecule has 0 aliphatic heterocycles. The predicted molar refractivity (Wildman–Crippen MR) is 87.4 cm³/mol. The van der Waals surface area contributed by atoms with Gasteiger partial charge in [-0.2, -0.15) is 0 Å². The Hall–Kier alpha value is -2.47. The first-order valence-electron chi connectivity index (χ1n) is 7.66. The van der Waals surface area contributed by atoms with Crippen LogP contribution in [0.25, 0.3) is 11.3 Å². The van der Waals surface area contributed by atoms with Crippen LogP contribution < -0.4 is 4.74 Å². The van der Waals surface area contributed by atoms with Gasteiger partial charge in [-0.3, -0.25) is 10.1 Å². The van der Waals surface area contributed by atoms with Gasteiger partial charge in [0.1, 0.15) is 11.9 Å². The van der Waals surface area contributed by atoms with Gasteiger partial charge in [-0.05, 0) is 37.5 Å². The van der Waals surface area contributed by atoms with Crippen molar-refractivity contribution in [2.24, 2.45) is 0 Å². The zero-order valence-corrected chi connectivity index (χ0v) is 12.9. The van der Waals surface area contributed by atoms with Crippen LogP contribution in [0.15, 0.2) is 42.6 Å². The smallest absolute Gasteiger partial charge is 0.287 e. The summed E-state index contributed by atoms with van der Waals surface area (Å²) in [5.41, 5.74) is 1.43. The molecule has 0 fully saturated rings. The molecule has 2 rings (SSSR count). The molecular formula is C17H20N2O4. The van der Waals surface area contributed by atoms with Gasteiger partial charge in [0.25, 0.3) is 5.69 Å². The van der Waals surface area contributed by atoms with Gasteiger partial charge in [0.2, 0.25) is 0 Å². The number of nitro groups is 1.